The van der Waals surface area contributed by atoms with E-state index in [9.17, 15) is 13.2 Å². The van der Waals surface area contributed by atoms with Crippen molar-refractivity contribution in [2.45, 2.75) is 18.8 Å². The number of aromatic nitrogens is 2. The summed E-state index contributed by atoms with van der Waals surface area (Å²) < 4.78 is 41.0. The Balaban J connectivity index is 2.16. The minimum atomic E-state index is -1.26. The van der Waals surface area contributed by atoms with Crippen molar-refractivity contribution in [2.24, 2.45) is 0 Å². The molecule has 3 rings (SSSR count). The van der Waals surface area contributed by atoms with Crippen molar-refractivity contribution >= 4 is 5.82 Å². The van der Waals surface area contributed by atoms with E-state index in [0.717, 1.165) is 18.9 Å². The number of halogens is 3. The molecule has 1 aromatic carbocycles. The van der Waals surface area contributed by atoms with Crippen LogP contribution >= 0.6 is 0 Å². The van der Waals surface area contributed by atoms with E-state index in [0.29, 0.717) is 11.9 Å². The molecule has 1 aromatic heterocycles. The molecule has 2 aromatic rings. The summed E-state index contributed by atoms with van der Waals surface area (Å²) in [5.74, 6) is 3.18. The number of rotatable bonds is 2. The molecule has 19 heavy (non-hydrogen) atoms. The molecule has 1 aliphatic rings. The lowest BCUT2D eigenvalue weighted by molar-refractivity contribution is 0.496. The van der Waals surface area contributed by atoms with Gasteiger partial charge in [-0.1, -0.05) is 0 Å². The Morgan fingerprint density at radius 3 is 2.37 bits per heavy atom. The second kappa shape index (κ2) is 3.91. The van der Waals surface area contributed by atoms with Crippen LogP contribution < -0.4 is 11.6 Å². The lowest BCUT2D eigenvalue weighted by Gasteiger charge is -2.03. The third kappa shape index (κ3) is 1.81. The van der Waals surface area contributed by atoms with Crippen molar-refractivity contribution in [1.29, 1.82) is 0 Å². The third-order valence-corrected chi connectivity index (χ3v) is 3.18. The van der Waals surface area contributed by atoms with E-state index in [2.05, 4.69) is 4.98 Å². The lowest BCUT2D eigenvalue weighted by Crippen LogP contribution is -2.14. The fourth-order valence-corrected chi connectivity index (χ4v) is 1.99. The van der Waals surface area contributed by atoms with Crippen LogP contribution in [0.25, 0.3) is 11.3 Å². The van der Waals surface area contributed by atoms with Gasteiger partial charge in [-0.3, -0.25) is 0 Å². The van der Waals surface area contributed by atoms with Gasteiger partial charge in [0.05, 0.1) is 0 Å². The van der Waals surface area contributed by atoms with Gasteiger partial charge in [0.25, 0.3) is 0 Å². The van der Waals surface area contributed by atoms with Crippen LogP contribution in [0.1, 0.15) is 24.6 Å². The minimum Gasteiger partial charge on any atom is -0.382 e. The molecular formula is C12H11F3N4. The number of anilines is 1. The van der Waals surface area contributed by atoms with Gasteiger partial charge < -0.3 is 11.6 Å². The fourth-order valence-electron chi connectivity index (χ4n) is 1.99. The molecule has 7 heteroatoms. The average Bonchev–Trinajstić information content (AvgIpc) is 3.15. The molecule has 1 fully saturated rings. The van der Waals surface area contributed by atoms with Gasteiger partial charge in [-0.15, -0.1) is 0 Å². The number of nitrogens with zero attached hydrogens (tertiary/aromatic N) is 2. The highest BCUT2D eigenvalue weighted by atomic mass is 19.2. The van der Waals surface area contributed by atoms with Crippen molar-refractivity contribution in [1.82, 2.24) is 9.66 Å². The van der Waals surface area contributed by atoms with Gasteiger partial charge in [0.1, 0.15) is 17.3 Å². The molecule has 1 heterocycles. The maximum atomic E-state index is 13.7. The molecule has 0 aliphatic heterocycles. The normalized spacial score (nSPS) is 14.9. The Kier molecular flexibility index (Phi) is 2.44. The van der Waals surface area contributed by atoms with E-state index < -0.39 is 17.5 Å². The van der Waals surface area contributed by atoms with Gasteiger partial charge in [-0.2, -0.15) is 0 Å². The lowest BCUT2D eigenvalue weighted by atomic mass is 10.1. The van der Waals surface area contributed by atoms with Crippen LogP contribution in [-0.2, 0) is 0 Å². The summed E-state index contributed by atoms with van der Waals surface area (Å²) in [6.07, 6.45) is 1.88. The largest absolute Gasteiger partial charge is 0.382 e. The van der Waals surface area contributed by atoms with E-state index in [1.807, 2.05) is 0 Å². The van der Waals surface area contributed by atoms with Gasteiger partial charge >= 0.3 is 0 Å². The van der Waals surface area contributed by atoms with Gasteiger partial charge in [0.2, 0.25) is 0 Å². The number of hydrogen-bond acceptors (Lipinski definition) is 3. The Morgan fingerprint density at radius 2 is 1.74 bits per heavy atom. The van der Waals surface area contributed by atoms with Crippen LogP contribution in [0.15, 0.2) is 12.1 Å². The predicted octanol–water partition coefficient (Wildman–Crippen LogP) is 2.14. The topological polar surface area (TPSA) is 69.9 Å². The fraction of sp³-hybridized carbons (Fsp3) is 0.250. The van der Waals surface area contributed by atoms with Crippen molar-refractivity contribution in [2.75, 3.05) is 11.6 Å². The molecule has 0 radical (unpaired) electrons. The summed E-state index contributed by atoms with van der Waals surface area (Å²) >= 11 is 0. The van der Waals surface area contributed by atoms with Gasteiger partial charge in [-0.05, 0) is 18.9 Å². The van der Waals surface area contributed by atoms with Crippen LogP contribution in [0.4, 0.5) is 19.0 Å². The zero-order valence-corrected chi connectivity index (χ0v) is 9.83. The zero-order chi connectivity index (χ0) is 13.7. The summed E-state index contributed by atoms with van der Waals surface area (Å²) in [6.45, 7) is 0. The summed E-state index contributed by atoms with van der Waals surface area (Å²) in [7, 11) is 0. The number of benzene rings is 1. The molecule has 0 saturated heterocycles. The maximum Gasteiger partial charge on any atom is 0.161 e. The van der Waals surface area contributed by atoms with Crippen LogP contribution in [0.5, 0.6) is 0 Å². The highest BCUT2D eigenvalue weighted by Crippen LogP contribution is 2.41. The van der Waals surface area contributed by atoms with E-state index >= 15 is 0 Å². The Labute approximate surface area is 106 Å². The number of nitrogens with two attached hydrogens (primary N) is 2. The monoisotopic (exact) mass is 268 g/mol. The average molecular weight is 268 g/mol. The van der Waals surface area contributed by atoms with Crippen molar-refractivity contribution in [3.63, 3.8) is 0 Å². The number of imidazole rings is 1. The van der Waals surface area contributed by atoms with Crippen LogP contribution in [-0.4, -0.2) is 9.66 Å². The first-order chi connectivity index (χ1) is 8.99. The summed E-state index contributed by atoms with van der Waals surface area (Å²) in [6, 6.07) is 1.20. The Bertz CT molecular complexity index is 661. The molecule has 4 N–H and O–H groups in total. The van der Waals surface area contributed by atoms with Crippen LogP contribution in [0, 0.1) is 17.5 Å². The molecule has 0 amide bonds. The molecule has 0 unspecified atom stereocenters. The Hall–Kier alpha value is -2.18. The van der Waals surface area contributed by atoms with E-state index in [1.54, 1.807) is 0 Å². The standard InChI is InChI=1S/C12H11F3N4/c13-7-4-9(15)8(14)3-6(7)10-11(16)19(17)12(18-10)5-1-2-5/h3-5H,1-2,16-17H2. The molecule has 0 bridgehead atoms. The van der Waals surface area contributed by atoms with E-state index in [1.165, 1.54) is 4.68 Å². The summed E-state index contributed by atoms with van der Waals surface area (Å²) in [4.78, 5) is 4.16. The van der Waals surface area contributed by atoms with E-state index in [-0.39, 0.29) is 23.0 Å². The minimum absolute atomic E-state index is 0.0341. The SMILES string of the molecule is Nc1c(-c2cc(F)c(F)cc2F)nc(C2CC2)n1N. The van der Waals surface area contributed by atoms with Gasteiger partial charge in [-0.25, -0.2) is 22.8 Å². The molecule has 4 nitrogen and oxygen atoms in total. The highest BCUT2D eigenvalue weighted by Gasteiger charge is 2.31. The highest BCUT2D eigenvalue weighted by molar-refractivity contribution is 5.72. The summed E-state index contributed by atoms with van der Waals surface area (Å²) in [5, 5.41) is 0. The number of hydrogen-bond donors (Lipinski definition) is 2. The molecule has 0 atom stereocenters. The predicted molar refractivity (Wildman–Crippen MR) is 64.1 cm³/mol. The third-order valence-electron chi connectivity index (χ3n) is 3.18. The molecule has 0 spiro atoms. The molecule has 100 valence electrons. The van der Waals surface area contributed by atoms with Gasteiger partial charge in [0, 0.05) is 17.5 Å². The van der Waals surface area contributed by atoms with Crippen molar-refractivity contribution in [3.8, 4) is 11.3 Å². The van der Waals surface area contributed by atoms with E-state index in [4.69, 9.17) is 11.6 Å². The molecular weight excluding hydrogens is 257 g/mol. The smallest absolute Gasteiger partial charge is 0.161 e. The van der Waals surface area contributed by atoms with Crippen LogP contribution in [0.2, 0.25) is 0 Å². The first-order valence-corrected chi connectivity index (χ1v) is 5.77. The number of nitrogen functional groups attached to an aromatic ring is 2. The zero-order valence-electron chi connectivity index (χ0n) is 9.83. The molecule has 1 saturated carbocycles. The van der Waals surface area contributed by atoms with Crippen molar-refractivity contribution < 1.29 is 13.2 Å². The Morgan fingerprint density at radius 1 is 1.11 bits per heavy atom. The summed E-state index contributed by atoms with van der Waals surface area (Å²) in [5.41, 5.74) is 5.60. The molecule has 1 aliphatic carbocycles. The first kappa shape index (κ1) is 11.9. The quantitative estimate of drug-likeness (QED) is 0.647. The van der Waals surface area contributed by atoms with Gasteiger partial charge in [0.15, 0.2) is 17.5 Å². The second-order valence-electron chi connectivity index (χ2n) is 4.59. The maximum absolute atomic E-state index is 13.7. The first-order valence-electron chi connectivity index (χ1n) is 5.77. The second-order valence-corrected chi connectivity index (χ2v) is 4.59. The van der Waals surface area contributed by atoms with Crippen molar-refractivity contribution in [3.05, 3.63) is 35.4 Å². The van der Waals surface area contributed by atoms with Crippen LogP contribution in [0.3, 0.4) is 0 Å².